The van der Waals surface area contributed by atoms with Crippen molar-refractivity contribution in [1.82, 2.24) is 4.98 Å². The van der Waals surface area contributed by atoms with Gasteiger partial charge in [-0.3, -0.25) is 0 Å². The van der Waals surface area contributed by atoms with Gasteiger partial charge in [-0.2, -0.15) is 4.98 Å². The smallest absolute Gasteiger partial charge is 0.221 e. The topological polar surface area (TPSA) is 34.1 Å². The van der Waals surface area contributed by atoms with Crippen LogP contribution in [0.2, 0.25) is 0 Å². The number of ether oxygens (including phenoxy) is 1. The molecule has 18 heavy (non-hydrogen) atoms. The quantitative estimate of drug-likeness (QED) is 0.882. The Hall–Kier alpha value is -2.03. The molecule has 0 bridgehead atoms. The first-order chi connectivity index (χ1) is 8.69. The van der Waals surface area contributed by atoms with Crippen molar-refractivity contribution in [3.8, 4) is 11.6 Å². The highest BCUT2D eigenvalue weighted by atomic mass is 16.5. The Morgan fingerprint density at radius 3 is 2.67 bits per heavy atom. The molecule has 94 valence electrons. The molecule has 0 saturated carbocycles. The van der Waals surface area contributed by atoms with Crippen molar-refractivity contribution < 1.29 is 4.74 Å². The van der Waals surface area contributed by atoms with Crippen LogP contribution in [0.5, 0.6) is 11.6 Å². The molecule has 0 aliphatic rings. The van der Waals surface area contributed by atoms with E-state index in [4.69, 9.17) is 4.74 Å². The lowest BCUT2D eigenvalue weighted by atomic mass is 10.1. The maximum absolute atomic E-state index is 5.75. The van der Waals surface area contributed by atoms with Gasteiger partial charge in [-0.25, -0.2) is 0 Å². The van der Waals surface area contributed by atoms with Crippen LogP contribution in [0.4, 0.5) is 5.82 Å². The fourth-order valence-electron chi connectivity index (χ4n) is 1.65. The van der Waals surface area contributed by atoms with Crippen molar-refractivity contribution in [3.05, 3.63) is 47.5 Å². The molecule has 1 aromatic carbocycles. The van der Waals surface area contributed by atoms with Crippen LogP contribution in [0, 0.1) is 13.8 Å². The molecule has 1 aromatic heterocycles. The second-order valence-corrected chi connectivity index (χ2v) is 4.24. The molecule has 0 aliphatic carbocycles. The van der Waals surface area contributed by atoms with Gasteiger partial charge in [0.1, 0.15) is 11.6 Å². The van der Waals surface area contributed by atoms with Crippen LogP contribution < -0.4 is 10.1 Å². The van der Waals surface area contributed by atoms with Gasteiger partial charge < -0.3 is 10.1 Å². The van der Waals surface area contributed by atoms with Gasteiger partial charge in [0.25, 0.3) is 0 Å². The fourth-order valence-corrected chi connectivity index (χ4v) is 1.65. The summed E-state index contributed by atoms with van der Waals surface area (Å²) in [5.74, 6) is 2.26. The maximum Gasteiger partial charge on any atom is 0.221 e. The van der Waals surface area contributed by atoms with E-state index in [0.717, 1.165) is 18.1 Å². The van der Waals surface area contributed by atoms with Gasteiger partial charge in [0.2, 0.25) is 5.88 Å². The summed E-state index contributed by atoms with van der Waals surface area (Å²) in [5.41, 5.74) is 2.48. The summed E-state index contributed by atoms with van der Waals surface area (Å²) in [4.78, 5) is 4.38. The number of aryl methyl sites for hydroxylation is 2. The number of hydrogen-bond acceptors (Lipinski definition) is 3. The number of nitrogens with one attached hydrogen (secondary N) is 1. The second kappa shape index (κ2) is 5.54. The van der Waals surface area contributed by atoms with E-state index in [1.807, 2.05) is 37.3 Å². The molecule has 2 rings (SSSR count). The number of rotatable bonds is 4. The van der Waals surface area contributed by atoms with Crippen molar-refractivity contribution in [2.24, 2.45) is 0 Å². The fraction of sp³-hybridized carbons (Fsp3) is 0.267. The van der Waals surface area contributed by atoms with E-state index >= 15 is 0 Å². The van der Waals surface area contributed by atoms with Crippen molar-refractivity contribution in [2.75, 3.05) is 11.9 Å². The van der Waals surface area contributed by atoms with Crippen LogP contribution in [0.1, 0.15) is 18.1 Å². The van der Waals surface area contributed by atoms with Crippen LogP contribution in [0.3, 0.4) is 0 Å². The number of hydrogen-bond donors (Lipinski definition) is 1. The summed E-state index contributed by atoms with van der Waals surface area (Å²) in [6, 6.07) is 11.8. The average molecular weight is 242 g/mol. The van der Waals surface area contributed by atoms with Crippen LogP contribution in [0.15, 0.2) is 36.4 Å². The zero-order chi connectivity index (χ0) is 13.0. The Labute approximate surface area is 108 Å². The minimum Gasteiger partial charge on any atom is -0.439 e. The SMILES string of the molecule is CCNc1cccc(Oc2ccc(C)c(C)c2)n1. The molecule has 0 aliphatic heterocycles. The van der Waals surface area contributed by atoms with E-state index < -0.39 is 0 Å². The van der Waals surface area contributed by atoms with E-state index in [-0.39, 0.29) is 0 Å². The lowest BCUT2D eigenvalue weighted by Gasteiger charge is -2.08. The summed E-state index contributed by atoms with van der Waals surface area (Å²) in [6.45, 7) is 7.05. The van der Waals surface area contributed by atoms with Crippen molar-refractivity contribution in [2.45, 2.75) is 20.8 Å². The van der Waals surface area contributed by atoms with Crippen LogP contribution in [-0.2, 0) is 0 Å². The third-order valence-electron chi connectivity index (χ3n) is 2.78. The van der Waals surface area contributed by atoms with Crippen molar-refractivity contribution in [1.29, 1.82) is 0 Å². The predicted molar refractivity (Wildman–Crippen MR) is 74.4 cm³/mol. The standard InChI is InChI=1S/C15H18N2O/c1-4-16-14-6-5-7-15(17-14)18-13-9-8-11(2)12(3)10-13/h5-10H,4H2,1-3H3,(H,16,17). The second-order valence-electron chi connectivity index (χ2n) is 4.24. The molecule has 0 fully saturated rings. The highest BCUT2D eigenvalue weighted by Gasteiger charge is 2.01. The molecular weight excluding hydrogens is 224 g/mol. The van der Waals surface area contributed by atoms with Gasteiger partial charge in [0.05, 0.1) is 0 Å². The normalized spacial score (nSPS) is 10.2. The molecule has 3 heteroatoms. The largest absolute Gasteiger partial charge is 0.439 e. The summed E-state index contributed by atoms with van der Waals surface area (Å²) in [6.07, 6.45) is 0. The van der Waals surface area contributed by atoms with E-state index in [0.29, 0.717) is 5.88 Å². The van der Waals surface area contributed by atoms with Crippen molar-refractivity contribution in [3.63, 3.8) is 0 Å². The first-order valence-corrected chi connectivity index (χ1v) is 6.15. The van der Waals surface area contributed by atoms with E-state index in [2.05, 4.69) is 30.2 Å². The zero-order valence-corrected chi connectivity index (χ0v) is 11.0. The third-order valence-corrected chi connectivity index (χ3v) is 2.78. The molecule has 1 heterocycles. The van der Waals surface area contributed by atoms with Crippen molar-refractivity contribution >= 4 is 5.82 Å². The highest BCUT2D eigenvalue weighted by molar-refractivity contribution is 5.39. The maximum atomic E-state index is 5.75. The summed E-state index contributed by atoms with van der Waals surface area (Å²) in [7, 11) is 0. The first kappa shape index (κ1) is 12.4. The van der Waals surface area contributed by atoms with E-state index in [1.165, 1.54) is 11.1 Å². The predicted octanol–water partition coefficient (Wildman–Crippen LogP) is 3.92. The molecule has 0 spiro atoms. The number of aromatic nitrogens is 1. The Bertz CT molecular complexity index is 538. The van der Waals surface area contributed by atoms with E-state index in [1.54, 1.807) is 0 Å². The minimum atomic E-state index is 0.608. The first-order valence-electron chi connectivity index (χ1n) is 6.15. The average Bonchev–Trinajstić information content (AvgIpc) is 2.35. The van der Waals surface area contributed by atoms with Crippen LogP contribution in [0.25, 0.3) is 0 Å². The molecular formula is C15H18N2O. The van der Waals surface area contributed by atoms with E-state index in [9.17, 15) is 0 Å². The lowest BCUT2D eigenvalue weighted by molar-refractivity contribution is 0.463. The Morgan fingerprint density at radius 2 is 1.94 bits per heavy atom. The monoisotopic (exact) mass is 242 g/mol. The molecule has 0 radical (unpaired) electrons. The Balaban J connectivity index is 2.17. The molecule has 0 unspecified atom stereocenters. The summed E-state index contributed by atoms with van der Waals surface area (Å²) in [5, 5.41) is 3.16. The van der Waals surface area contributed by atoms with Crippen LogP contribution in [-0.4, -0.2) is 11.5 Å². The third kappa shape index (κ3) is 3.00. The van der Waals surface area contributed by atoms with Gasteiger partial charge >= 0.3 is 0 Å². The number of benzene rings is 1. The molecule has 3 nitrogen and oxygen atoms in total. The molecule has 0 amide bonds. The number of nitrogens with zero attached hydrogens (tertiary/aromatic N) is 1. The molecule has 1 N–H and O–H groups in total. The summed E-state index contributed by atoms with van der Waals surface area (Å²) >= 11 is 0. The van der Waals surface area contributed by atoms with Crippen LogP contribution >= 0.6 is 0 Å². The molecule has 0 saturated heterocycles. The Morgan fingerprint density at radius 1 is 1.11 bits per heavy atom. The molecule has 2 aromatic rings. The zero-order valence-electron chi connectivity index (χ0n) is 11.0. The number of anilines is 1. The van der Waals surface area contributed by atoms with Gasteiger partial charge in [0.15, 0.2) is 0 Å². The van der Waals surface area contributed by atoms with Gasteiger partial charge in [-0.15, -0.1) is 0 Å². The summed E-state index contributed by atoms with van der Waals surface area (Å²) < 4.78 is 5.75. The Kier molecular flexibility index (Phi) is 3.82. The minimum absolute atomic E-state index is 0.608. The number of pyridine rings is 1. The van der Waals surface area contributed by atoms with Gasteiger partial charge in [-0.1, -0.05) is 12.1 Å². The lowest BCUT2D eigenvalue weighted by Crippen LogP contribution is -1.99. The highest BCUT2D eigenvalue weighted by Crippen LogP contribution is 2.23. The van der Waals surface area contributed by atoms with Gasteiger partial charge in [0, 0.05) is 12.6 Å². The molecule has 0 atom stereocenters. The van der Waals surface area contributed by atoms with Gasteiger partial charge in [-0.05, 0) is 50.1 Å².